The van der Waals surface area contributed by atoms with Crippen molar-refractivity contribution < 1.29 is 14.3 Å². The van der Waals surface area contributed by atoms with Gasteiger partial charge in [0.25, 0.3) is 5.56 Å². The fourth-order valence-electron chi connectivity index (χ4n) is 4.10. The number of morpholine rings is 1. The second-order valence-electron chi connectivity index (χ2n) is 8.77. The molecule has 1 aliphatic heterocycles. The minimum absolute atomic E-state index is 0.00488. The smallest absolute Gasteiger partial charge is 0.257 e. The number of rotatable bonds is 13. The molecule has 8 nitrogen and oxygen atoms in total. The molecule has 0 radical (unpaired) electrons. The number of methoxy groups -OCH3 is 1. The minimum Gasteiger partial charge on any atom is -0.379 e. The van der Waals surface area contributed by atoms with E-state index < -0.39 is 0 Å². The van der Waals surface area contributed by atoms with Crippen molar-refractivity contribution in [3.63, 3.8) is 0 Å². The first-order valence-electron chi connectivity index (χ1n) is 12.4. The molecule has 0 saturated carbocycles. The molecule has 192 valence electrons. The summed E-state index contributed by atoms with van der Waals surface area (Å²) in [6.07, 6.45) is 2.97. The van der Waals surface area contributed by atoms with Gasteiger partial charge < -0.3 is 14.8 Å². The topological polar surface area (TPSA) is 85.7 Å². The van der Waals surface area contributed by atoms with Crippen LogP contribution in [0.5, 0.6) is 0 Å². The molecular weight excluding hydrogens is 464 g/mol. The lowest BCUT2D eigenvalue weighted by Crippen LogP contribution is -2.39. The Morgan fingerprint density at radius 2 is 2.00 bits per heavy atom. The third kappa shape index (κ3) is 8.17. The molecule has 1 unspecified atom stereocenters. The van der Waals surface area contributed by atoms with Crippen molar-refractivity contribution in [3.8, 4) is 0 Å². The highest BCUT2D eigenvalue weighted by Crippen LogP contribution is 2.25. The van der Waals surface area contributed by atoms with Gasteiger partial charge in [-0.05, 0) is 24.9 Å². The molecule has 1 fully saturated rings. The molecule has 1 aromatic heterocycles. The Hall–Kier alpha value is -2.20. The Morgan fingerprint density at radius 3 is 2.69 bits per heavy atom. The number of carbonyl (C=O) groups excluding carboxylic acids is 1. The van der Waals surface area contributed by atoms with E-state index in [1.807, 2.05) is 30.3 Å². The molecule has 1 N–H and O–H groups in total. The number of amides is 1. The van der Waals surface area contributed by atoms with Crippen molar-refractivity contribution in [3.05, 3.63) is 57.5 Å². The van der Waals surface area contributed by atoms with Gasteiger partial charge in [0.2, 0.25) is 5.91 Å². The van der Waals surface area contributed by atoms with Crippen LogP contribution in [0.25, 0.3) is 0 Å². The lowest BCUT2D eigenvalue weighted by atomic mass is 10.0. The number of nitrogens with zero attached hydrogens (tertiary/aromatic N) is 3. The van der Waals surface area contributed by atoms with E-state index in [1.165, 1.54) is 11.8 Å². The van der Waals surface area contributed by atoms with E-state index in [-0.39, 0.29) is 23.3 Å². The molecule has 0 aliphatic carbocycles. The summed E-state index contributed by atoms with van der Waals surface area (Å²) >= 11 is 1.36. The van der Waals surface area contributed by atoms with Crippen LogP contribution >= 0.6 is 11.8 Å². The van der Waals surface area contributed by atoms with Crippen molar-refractivity contribution in [2.45, 2.75) is 49.6 Å². The molecule has 3 rings (SSSR count). The first-order chi connectivity index (χ1) is 17.0. The van der Waals surface area contributed by atoms with Gasteiger partial charge in [-0.15, -0.1) is 0 Å². The van der Waals surface area contributed by atoms with Crippen LogP contribution in [0, 0.1) is 0 Å². The Bertz CT molecular complexity index is 993. The number of hydrogen-bond donors (Lipinski definition) is 1. The summed E-state index contributed by atoms with van der Waals surface area (Å²) in [5, 5.41) is 3.32. The third-order valence-electron chi connectivity index (χ3n) is 6.08. The summed E-state index contributed by atoms with van der Waals surface area (Å²) in [6.45, 7) is 7.36. The lowest BCUT2D eigenvalue weighted by Gasteiger charge is -2.26. The zero-order valence-electron chi connectivity index (χ0n) is 21.1. The van der Waals surface area contributed by atoms with Gasteiger partial charge in [0.15, 0.2) is 5.16 Å². The van der Waals surface area contributed by atoms with Gasteiger partial charge in [-0.2, -0.15) is 0 Å². The summed E-state index contributed by atoms with van der Waals surface area (Å²) in [7, 11) is 3.33. The molecular formula is C26H38N4O4S. The normalized spacial score (nSPS) is 15.2. The summed E-state index contributed by atoms with van der Waals surface area (Å²) in [5.41, 5.74) is 2.21. The first kappa shape index (κ1) is 27.4. The third-order valence-corrected chi connectivity index (χ3v) is 7.39. The standard InChI is InChI=1S/C26H38N4O4S/c1-4-9-23(24(31)27-12-8-13-30-14-16-34-17-15-30)35-26-28-22(19-33-3)21(25(32)29(26)2)18-20-10-6-5-7-11-20/h5-7,10-11,23H,4,8-9,12-19H2,1-3H3,(H,27,31). The van der Waals surface area contributed by atoms with E-state index >= 15 is 0 Å². The van der Waals surface area contributed by atoms with E-state index in [4.69, 9.17) is 14.5 Å². The molecule has 2 aromatic rings. The largest absolute Gasteiger partial charge is 0.379 e. The van der Waals surface area contributed by atoms with Gasteiger partial charge in [-0.3, -0.25) is 19.1 Å². The van der Waals surface area contributed by atoms with Gasteiger partial charge >= 0.3 is 0 Å². The van der Waals surface area contributed by atoms with E-state index in [0.29, 0.717) is 35.8 Å². The molecule has 35 heavy (non-hydrogen) atoms. The monoisotopic (exact) mass is 502 g/mol. The summed E-state index contributed by atoms with van der Waals surface area (Å²) in [5.74, 6) is -0.00488. The highest BCUT2D eigenvalue weighted by atomic mass is 32.2. The van der Waals surface area contributed by atoms with Gasteiger partial charge in [-0.1, -0.05) is 55.4 Å². The van der Waals surface area contributed by atoms with Gasteiger partial charge in [0, 0.05) is 45.8 Å². The number of carbonyl (C=O) groups is 1. The SMILES string of the molecule is CCCC(Sc1nc(COC)c(Cc2ccccc2)c(=O)n1C)C(=O)NCCCN1CCOCC1. The van der Waals surface area contributed by atoms with E-state index in [0.717, 1.165) is 51.3 Å². The molecule has 0 spiro atoms. The van der Waals surface area contributed by atoms with Crippen molar-refractivity contribution in [2.75, 3.05) is 46.5 Å². The van der Waals surface area contributed by atoms with Crippen molar-refractivity contribution >= 4 is 17.7 Å². The predicted octanol–water partition coefficient (Wildman–Crippen LogP) is 2.62. The predicted molar refractivity (Wildman–Crippen MR) is 139 cm³/mol. The van der Waals surface area contributed by atoms with Crippen LogP contribution in [-0.4, -0.2) is 72.1 Å². The second kappa shape index (κ2) is 14.4. The Balaban J connectivity index is 1.68. The van der Waals surface area contributed by atoms with Crippen LogP contribution in [0.2, 0.25) is 0 Å². The first-order valence-corrected chi connectivity index (χ1v) is 13.3. The number of ether oxygens (including phenoxy) is 2. The van der Waals surface area contributed by atoms with Crippen molar-refractivity contribution in [1.29, 1.82) is 0 Å². The molecule has 1 saturated heterocycles. The zero-order chi connectivity index (χ0) is 25.0. The molecule has 0 bridgehead atoms. The van der Waals surface area contributed by atoms with E-state index in [2.05, 4.69) is 17.1 Å². The van der Waals surface area contributed by atoms with E-state index in [1.54, 1.807) is 18.7 Å². The summed E-state index contributed by atoms with van der Waals surface area (Å²) in [6, 6.07) is 9.88. The highest BCUT2D eigenvalue weighted by molar-refractivity contribution is 8.00. The van der Waals surface area contributed by atoms with Crippen molar-refractivity contribution in [2.24, 2.45) is 7.05 Å². The lowest BCUT2D eigenvalue weighted by molar-refractivity contribution is -0.120. The molecule has 1 aliphatic rings. The summed E-state index contributed by atoms with van der Waals surface area (Å²) < 4.78 is 12.3. The van der Waals surface area contributed by atoms with Crippen molar-refractivity contribution in [1.82, 2.24) is 19.8 Å². The fourth-order valence-corrected chi connectivity index (χ4v) is 5.30. The second-order valence-corrected chi connectivity index (χ2v) is 9.94. The maximum absolute atomic E-state index is 13.3. The Labute approximate surface area is 212 Å². The number of nitrogens with one attached hydrogen (secondary N) is 1. The maximum atomic E-state index is 13.3. The zero-order valence-corrected chi connectivity index (χ0v) is 21.9. The quantitative estimate of drug-likeness (QED) is 0.256. The van der Waals surface area contributed by atoms with Gasteiger partial charge in [-0.25, -0.2) is 4.98 Å². The molecule has 1 atom stereocenters. The van der Waals surface area contributed by atoms with Crippen LogP contribution in [-0.2, 0) is 34.3 Å². The molecule has 1 amide bonds. The number of benzene rings is 1. The number of hydrogen-bond acceptors (Lipinski definition) is 7. The van der Waals surface area contributed by atoms with Gasteiger partial charge in [0.05, 0.1) is 30.8 Å². The Kier molecular flexibility index (Phi) is 11.3. The molecule has 9 heteroatoms. The average Bonchev–Trinajstić information content (AvgIpc) is 2.88. The highest BCUT2D eigenvalue weighted by Gasteiger charge is 2.23. The Morgan fingerprint density at radius 1 is 1.26 bits per heavy atom. The van der Waals surface area contributed by atoms with Crippen LogP contribution in [0.3, 0.4) is 0 Å². The van der Waals surface area contributed by atoms with Crippen LogP contribution < -0.4 is 10.9 Å². The maximum Gasteiger partial charge on any atom is 0.257 e. The van der Waals surface area contributed by atoms with Crippen LogP contribution in [0.4, 0.5) is 0 Å². The van der Waals surface area contributed by atoms with Gasteiger partial charge in [0.1, 0.15) is 0 Å². The molecule has 1 aromatic carbocycles. The number of aromatic nitrogens is 2. The van der Waals surface area contributed by atoms with E-state index in [9.17, 15) is 9.59 Å². The molecule has 2 heterocycles. The summed E-state index contributed by atoms with van der Waals surface area (Å²) in [4.78, 5) is 33.4. The van der Waals surface area contributed by atoms with Crippen LogP contribution in [0.1, 0.15) is 43.0 Å². The average molecular weight is 503 g/mol. The number of thioether (sulfide) groups is 1. The fraction of sp³-hybridized carbons (Fsp3) is 0.577. The van der Waals surface area contributed by atoms with Crippen LogP contribution in [0.15, 0.2) is 40.3 Å². The minimum atomic E-state index is -0.308.